The van der Waals surface area contributed by atoms with Crippen LogP contribution in [0, 0.1) is 11.8 Å². The molecule has 0 aromatic heterocycles. The molecule has 2 heteroatoms. The lowest BCUT2D eigenvalue weighted by Crippen LogP contribution is -2.08. The minimum Gasteiger partial charge on any atom is -0.431 e. The van der Waals surface area contributed by atoms with Crippen LogP contribution in [0.2, 0.25) is 0 Å². The summed E-state index contributed by atoms with van der Waals surface area (Å²) in [6.07, 6.45) is 3.23. The van der Waals surface area contributed by atoms with E-state index in [2.05, 4.69) is 6.92 Å². The van der Waals surface area contributed by atoms with Gasteiger partial charge in [-0.05, 0) is 31.3 Å². The Hall–Kier alpha value is -0.790. The summed E-state index contributed by atoms with van der Waals surface area (Å²) in [6.45, 7) is 4.15. The first-order valence-corrected chi connectivity index (χ1v) is 4.62. The summed E-state index contributed by atoms with van der Waals surface area (Å²) >= 11 is 0. The Bertz CT molecular complexity index is 253. The van der Waals surface area contributed by atoms with Crippen LogP contribution in [0.5, 0.6) is 0 Å². The van der Waals surface area contributed by atoms with Gasteiger partial charge in [0.1, 0.15) is 5.76 Å². The van der Waals surface area contributed by atoms with Crippen molar-refractivity contribution in [3.63, 3.8) is 0 Å². The van der Waals surface area contributed by atoms with Crippen LogP contribution in [0.1, 0.15) is 33.1 Å². The molecule has 66 valence electrons. The standard InChI is InChI=1S/C10H14O2/c1-6-3-4-8-7(2)10(11)12-9(8)5-6/h6-7H,3-5H2,1-2H3/t6-,7-/m0/s1. The van der Waals surface area contributed by atoms with Gasteiger partial charge in [-0.3, -0.25) is 4.79 Å². The van der Waals surface area contributed by atoms with Gasteiger partial charge in [0.2, 0.25) is 0 Å². The van der Waals surface area contributed by atoms with Crippen molar-refractivity contribution in [1.82, 2.24) is 0 Å². The number of hydrogen-bond acceptors (Lipinski definition) is 2. The second kappa shape index (κ2) is 2.61. The summed E-state index contributed by atoms with van der Waals surface area (Å²) < 4.78 is 5.19. The summed E-state index contributed by atoms with van der Waals surface area (Å²) in [6, 6.07) is 0. The smallest absolute Gasteiger partial charge is 0.317 e. The number of ether oxygens (including phenoxy) is 1. The highest BCUT2D eigenvalue weighted by molar-refractivity contribution is 5.79. The highest BCUT2D eigenvalue weighted by Gasteiger charge is 2.34. The minimum absolute atomic E-state index is 0.0347. The van der Waals surface area contributed by atoms with Gasteiger partial charge in [-0.1, -0.05) is 6.92 Å². The van der Waals surface area contributed by atoms with Gasteiger partial charge >= 0.3 is 5.97 Å². The van der Waals surface area contributed by atoms with E-state index in [1.807, 2.05) is 6.92 Å². The fourth-order valence-electron chi connectivity index (χ4n) is 2.01. The molecule has 0 spiro atoms. The van der Waals surface area contributed by atoms with Gasteiger partial charge in [0.05, 0.1) is 5.92 Å². The Kier molecular flexibility index (Phi) is 1.71. The van der Waals surface area contributed by atoms with Crippen LogP contribution in [0.4, 0.5) is 0 Å². The van der Waals surface area contributed by atoms with E-state index in [1.54, 1.807) is 0 Å². The van der Waals surface area contributed by atoms with Crippen molar-refractivity contribution < 1.29 is 9.53 Å². The van der Waals surface area contributed by atoms with E-state index in [9.17, 15) is 4.79 Å². The Labute approximate surface area is 72.6 Å². The van der Waals surface area contributed by atoms with E-state index < -0.39 is 0 Å². The molecular formula is C10H14O2. The number of carbonyl (C=O) groups is 1. The van der Waals surface area contributed by atoms with Crippen LogP contribution in [0.3, 0.4) is 0 Å². The second-order valence-electron chi connectivity index (χ2n) is 3.94. The van der Waals surface area contributed by atoms with E-state index in [4.69, 9.17) is 4.74 Å². The highest BCUT2D eigenvalue weighted by Crippen LogP contribution is 2.38. The van der Waals surface area contributed by atoms with E-state index in [0.717, 1.165) is 18.6 Å². The number of esters is 1. The molecule has 12 heavy (non-hydrogen) atoms. The molecule has 0 radical (unpaired) electrons. The fraction of sp³-hybridized carbons (Fsp3) is 0.700. The molecule has 2 rings (SSSR count). The lowest BCUT2D eigenvalue weighted by Gasteiger charge is -2.18. The van der Waals surface area contributed by atoms with Crippen molar-refractivity contribution in [3.05, 3.63) is 11.3 Å². The molecule has 1 heterocycles. The second-order valence-corrected chi connectivity index (χ2v) is 3.94. The number of rotatable bonds is 0. The Morgan fingerprint density at radius 1 is 1.42 bits per heavy atom. The van der Waals surface area contributed by atoms with Gasteiger partial charge in [0, 0.05) is 6.42 Å². The molecule has 2 nitrogen and oxygen atoms in total. The van der Waals surface area contributed by atoms with Crippen molar-refractivity contribution in [1.29, 1.82) is 0 Å². The lowest BCUT2D eigenvalue weighted by molar-refractivity contribution is -0.139. The topological polar surface area (TPSA) is 26.3 Å². The quantitative estimate of drug-likeness (QED) is 0.516. The highest BCUT2D eigenvalue weighted by atomic mass is 16.5. The third kappa shape index (κ3) is 1.06. The van der Waals surface area contributed by atoms with Gasteiger partial charge < -0.3 is 4.74 Å². The minimum atomic E-state index is -0.0471. The molecular weight excluding hydrogens is 152 g/mol. The molecule has 1 aliphatic heterocycles. The molecule has 0 amide bonds. The van der Waals surface area contributed by atoms with Gasteiger partial charge in [-0.25, -0.2) is 0 Å². The van der Waals surface area contributed by atoms with Crippen LogP contribution in [-0.2, 0) is 9.53 Å². The zero-order valence-corrected chi connectivity index (χ0v) is 7.59. The van der Waals surface area contributed by atoms with Crippen LogP contribution in [0.15, 0.2) is 11.3 Å². The molecule has 0 unspecified atom stereocenters. The zero-order chi connectivity index (χ0) is 8.72. The van der Waals surface area contributed by atoms with E-state index in [0.29, 0.717) is 5.92 Å². The van der Waals surface area contributed by atoms with Crippen molar-refractivity contribution in [2.75, 3.05) is 0 Å². The van der Waals surface area contributed by atoms with Gasteiger partial charge in [0.15, 0.2) is 0 Å². The maximum atomic E-state index is 11.2. The average Bonchev–Trinajstić information content (AvgIpc) is 2.28. The van der Waals surface area contributed by atoms with Crippen LogP contribution in [-0.4, -0.2) is 5.97 Å². The summed E-state index contributed by atoms with van der Waals surface area (Å²) in [7, 11) is 0. The van der Waals surface area contributed by atoms with Crippen molar-refractivity contribution in [2.45, 2.75) is 33.1 Å². The summed E-state index contributed by atoms with van der Waals surface area (Å²) in [5, 5.41) is 0. The van der Waals surface area contributed by atoms with E-state index in [-0.39, 0.29) is 11.9 Å². The van der Waals surface area contributed by atoms with Gasteiger partial charge in [-0.15, -0.1) is 0 Å². The van der Waals surface area contributed by atoms with Gasteiger partial charge in [0.25, 0.3) is 0 Å². The van der Waals surface area contributed by atoms with E-state index in [1.165, 1.54) is 12.0 Å². The van der Waals surface area contributed by atoms with Gasteiger partial charge in [-0.2, -0.15) is 0 Å². The third-order valence-corrected chi connectivity index (χ3v) is 2.90. The predicted molar refractivity (Wildman–Crippen MR) is 45.3 cm³/mol. The summed E-state index contributed by atoms with van der Waals surface area (Å²) in [5.74, 6) is 1.65. The van der Waals surface area contributed by atoms with Crippen molar-refractivity contribution >= 4 is 5.97 Å². The Balaban J connectivity index is 2.23. The maximum Gasteiger partial charge on any atom is 0.317 e. The van der Waals surface area contributed by atoms with Crippen LogP contribution >= 0.6 is 0 Å². The Morgan fingerprint density at radius 3 is 2.92 bits per heavy atom. The molecule has 1 aliphatic carbocycles. The number of allylic oxidation sites excluding steroid dienone is 1. The fourth-order valence-corrected chi connectivity index (χ4v) is 2.01. The van der Waals surface area contributed by atoms with Crippen molar-refractivity contribution in [3.8, 4) is 0 Å². The molecule has 0 aromatic carbocycles. The first kappa shape index (κ1) is 7.84. The first-order chi connectivity index (χ1) is 5.68. The molecule has 2 atom stereocenters. The van der Waals surface area contributed by atoms with Crippen LogP contribution < -0.4 is 0 Å². The summed E-state index contributed by atoms with van der Waals surface area (Å²) in [5.41, 5.74) is 1.26. The molecule has 0 fully saturated rings. The number of carbonyl (C=O) groups excluding carboxylic acids is 1. The Morgan fingerprint density at radius 2 is 2.17 bits per heavy atom. The molecule has 2 aliphatic rings. The largest absolute Gasteiger partial charge is 0.431 e. The summed E-state index contributed by atoms with van der Waals surface area (Å²) in [4.78, 5) is 11.2. The monoisotopic (exact) mass is 166 g/mol. The molecule has 0 saturated heterocycles. The zero-order valence-electron chi connectivity index (χ0n) is 7.59. The lowest BCUT2D eigenvalue weighted by atomic mass is 9.86. The third-order valence-electron chi connectivity index (χ3n) is 2.90. The maximum absolute atomic E-state index is 11.2. The molecule has 0 bridgehead atoms. The molecule has 0 aromatic rings. The average molecular weight is 166 g/mol. The SMILES string of the molecule is C[C@H]1CCC2=C(C1)OC(=O)[C@H]2C. The van der Waals surface area contributed by atoms with E-state index >= 15 is 0 Å². The molecule has 0 saturated carbocycles. The van der Waals surface area contributed by atoms with Crippen LogP contribution in [0.25, 0.3) is 0 Å². The normalized spacial score (nSPS) is 35.0. The predicted octanol–water partition coefficient (Wildman–Crippen LogP) is 2.25. The first-order valence-electron chi connectivity index (χ1n) is 4.62. The number of hydrogen-bond donors (Lipinski definition) is 0. The van der Waals surface area contributed by atoms with Crippen molar-refractivity contribution in [2.24, 2.45) is 11.8 Å². The molecule has 0 N–H and O–H groups in total.